The molecule has 0 radical (unpaired) electrons. The van der Waals surface area contributed by atoms with Gasteiger partial charge in [-0.25, -0.2) is 8.78 Å². The summed E-state index contributed by atoms with van der Waals surface area (Å²) in [5.41, 5.74) is 0.304. The largest absolute Gasteiger partial charge is 0.295 e. The molecule has 0 bridgehead atoms. The summed E-state index contributed by atoms with van der Waals surface area (Å²) in [5.74, 6) is -1.52. The number of aromatic nitrogens is 1. The normalized spacial score (nSPS) is 15.9. The van der Waals surface area contributed by atoms with E-state index >= 15 is 0 Å². The smallest absolute Gasteiger partial charge is 0.156 e. The number of allylic oxidation sites excluding steroid dienone is 2. The fraction of sp³-hybridized carbons (Fsp3) is 0.200. The van der Waals surface area contributed by atoms with Crippen molar-refractivity contribution in [1.82, 2.24) is 4.98 Å². The van der Waals surface area contributed by atoms with Crippen LogP contribution in [-0.2, 0) is 4.79 Å². The number of halogens is 2. The summed E-state index contributed by atoms with van der Waals surface area (Å²) < 4.78 is 26.3. The predicted octanol–water partition coefficient (Wildman–Crippen LogP) is 2.11. The average molecular weight is 195 g/mol. The van der Waals surface area contributed by atoms with E-state index in [0.29, 0.717) is 18.4 Å². The van der Waals surface area contributed by atoms with Gasteiger partial charge in [0.05, 0.1) is 18.0 Å². The molecule has 2 nitrogen and oxygen atoms in total. The van der Waals surface area contributed by atoms with Crippen LogP contribution in [0.5, 0.6) is 0 Å². The van der Waals surface area contributed by atoms with Crippen molar-refractivity contribution >= 4 is 11.4 Å². The fourth-order valence-corrected chi connectivity index (χ4v) is 1.51. The summed E-state index contributed by atoms with van der Waals surface area (Å²) in [7, 11) is 0. The van der Waals surface area contributed by atoms with Crippen LogP contribution in [0.25, 0.3) is 5.57 Å². The molecular formula is C10H7F2NO. The Morgan fingerprint density at radius 2 is 1.79 bits per heavy atom. The van der Waals surface area contributed by atoms with Crippen LogP contribution in [0.2, 0.25) is 0 Å². The zero-order valence-corrected chi connectivity index (χ0v) is 7.26. The highest BCUT2D eigenvalue weighted by atomic mass is 19.1. The highest BCUT2D eigenvalue weighted by molar-refractivity contribution is 6.01. The molecule has 0 N–H and O–H groups in total. The zero-order chi connectivity index (χ0) is 10.1. The van der Waals surface area contributed by atoms with Crippen molar-refractivity contribution < 1.29 is 13.6 Å². The Hall–Kier alpha value is -1.58. The Bertz CT molecular complexity index is 406. The Morgan fingerprint density at radius 1 is 1.14 bits per heavy atom. The van der Waals surface area contributed by atoms with E-state index in [9.17, 15) is 13.6 Å². The van der Waals surface area contributed by atoms with Crippen LogP contribution < -0.4 is 0 Å². The molecular weight excluding hydrogens is 188 g/mol. The molecule has 72 valence electrons. The minimum atomic E-state index is -0.717. The molecule has 0 unspecified atom stereocenters. The summed E-state index contributed by atoms with van der Waals surface area (Å²) in [6, 6.07) is 0. The van der Waals surface area contributed by atoms with E-state index in [1.165, 1.54) is 6.08 Å². The standard InChI is InChI=1S/C10H7F2NO/c11-8-4-13-5-9(12)10(8)6-1-2-7(14)3-6/h3-5H,1-2H2. The van der Waals surface area contributed by atoms with Gasteiger partial charge in [0.25, 0.3) is 0 Å². The number of carbonyl (C=O) groups excluding carboxylic acids is 1. The second-order valence-electron chi connectivity index (χ2n) is 3.11. The third-order valence-corrected chi connectivity index (χ3v) is 2.15. The molecule has 1 heterocycles. The lowest BCUT2D eigenvalue weighted by Gasteiger charge is -2.03. The first-order chi connectivity index (χ1) is 6.68. The molecule has 0 saturated heterocycles. The highest BCUT2D eigenvalue weighted by Crippen LogP contribution is 2.29. The first-order valence-corrected chi connectivity index (χ1v) is 4.21. The Morgan fingerprint density at radius 3 is 2.29 bits per heavy atom. The maximum atomic E-state index is 13.2. The van der Waals surface area contributed by atoms with Crippen molar-refractivity contribution in [3.05, 3.63) is 35.7 Å². The summed E-state index contributed by atoms with van der Waals surface area (Å²) in [5, 5.41) is 0. The van der Waals surface area contributed by atoms with E-state index < -0.39 is 11.6 Å². The third kappa shape index (κ3) is 1.43. The minimum Gasteiger partial charge on any atom is -0.295 e. The van der Waals surface area contributed by atoms with E-state index in [0.717, 1.165) is 12.4 Å². The number of pyridine rings is 1. The van der Waals surface area contributed by atoms with Gasteiger partial charge in [0.2, 0.25) is 0 Å². The molecule has 1 aromatic heterocycles. The van der Waals surface area contributed by atoms with Gasteiger partial charge >= 0.3 is 0 Å². The van der Waals surface area contributed by atoms with Gasteiger partial charge in [0.1, 0.15) is 0 Å². The first-order valence-electron chi connectivity index (χ1n) is 4.21. The van der Waals surface area contributed by atoms with Gasteiger partial charge in [-0.1, -0.05) is 0 Å². The first kappa shape index (κ1) is 8.99. The summed E-state index contributed by atoms with van der Waals surface area (Å²) in [6.45, 7) is 0. The summed E-state index contributed by atoms with van der Waals surface area (Å²) >= 11 is 0. The van der Waals surface area contributed by atoms with Crippen molar-refractivity contribution in [2.24, 2.45) is 0 Å². The van der Waals surface area contributed by atoms with E-state index in [-0.39, 0.29) is 11.3 Å². The second kappa shape index (κ2) is 3.29. The van der Waals surface area contributed by atoms with Gasteiger partial charge in [-0.05, 0) is 18.1 Å². The topological polar surface area (TPSA) is 30.0 Å². The quantitative estimate of drug-likeness (QED) is 0.686. The lowest BCUT2D eigenvalue weighted by molar-refractivity contribution is -0.114. The van der Waals surface area contributed by atoms with Crippen LogP contribution in [0, 0.1) is 11.6 Å². The minimum absolute atomic E-state index is 0.0874. The van der Waals surface area contributed by atoms with Gasteiger partial charge in [-0.2, -0.15) is 0 Å². The van der Waals surface area contributed by atoms with E-state index in [4.69, 9.17) is 0 Å². The molecule has 0 aromatic carbocycles. The van der Waals surface area contributed by atoms with Crippen LogP contribution in [0.4, 0.5) is 8.78 Å². The van der Waals surface area contributed by atoms with Crippen LogP contribution in [0.1, 0.15) is 18.4 Å². The Labute approximate surface area is 79.3 Å². The molecule has 1 aliphatic rings. The van der Waals surface area contributed by atoms with Crippen LogP contribution in [0.15, 0.2) is 18.5 Å². The highest BCUT2D eigenvalue weighted by Gasteiger charge is 2.19. The Kier molecular flexibility index (Phi) is 2.11. The molecule has 1 aromatic rings. The number of ketones is 1. The number of hydrogen-bond acceptors (Lipinski definition) is 2. The molecule has 0 saturated carbocycles. The lowest BCUT2D eigenvalue weighted by atomic mass is 10.1. The van der Waals surface area contributed by atoms with Crippen molar-refractivity contribution in [3.8, 4) is 0 Å². The SMILES string of the molecule is O=C1C=C(c2c(F)cncc2F)CC1. The summed E-state index contributed by atoms with van der Waals surface area (Å²) in [4.78, 5) is 14.3. The number of hydrogen-bond donors (Lipinski definition) is 0. The summed E-state index contributed by atoms with van der Waals surface area (Å²) in [6.07, 6.45) is 3.92. The molecule has 0 spiro atoms. The van der Waals surface area contributed by atoms with Crippen LogP contribution in [-0.4, -0.2) is 10.8 Å². The molecule has 1 aliphatic carbocycles. The molecule has 4 heteroatoms. The van der Waals surface area contributed by atoms with E-state index in [2.05, 4.69) is 4.98 Å². The Balaban J connectivity index is 2.51. The molecule has 0 atom stereocenters. The predicted molar refractivity (Wildman–Crippen MR) is 46.4 cm³/mol. The third-order valence-electron chi connectivity index (χ3n) is 2.15. The molecule has 2 rings (SSSR count). The number of nitrogens with zero attached hydrogens (tertiary/aromatic N) is 1. The maximum absolute atomic E-state index is 13.2. The number of rotatable bonds is 1. The van der Waals surface area contributed by atoms with Crippen molar-refractivity contribution in [1.29, 1.82) is 0 Å². The average Bonchev–Trinajstić information content (AvgIpc) is 2.51. The van der Waals surface area contributed by atoms with Gasteiger partial charge < -0.3 is 0 Å². The van der Waals surface area contributed by atoms with Crippen molar-refractivity contribution in [2.75, 3.05) is 0 Å². The van der Waals surface area contributed by atoms with Crippen LogP contribution in [0.3, 0.4) is 0 Å². The van der Waals surface area contributed by atoms with E-state index in [1.807, 2.05) is 0 Å². The zero-order valence-electron chi connectivity index (χ0n) is 7.26. The van der Waals surface area contributed by atoms with Crippen molar-refractivity contribution in [2.45, 2.75) is 12.8 Å². The monoisotopic (exact) mass is 195 g/mol. The van der Waals surface area contributed by atoms with Gasteiger partial charge in [0, 0.05) is 6.42 Å². The fourth-order valence-electron chi connectivity index (χ4n) is 1.51. The molecule has 0 fully saturated rings. The molecule has 14 heavy (non-hydrogen) atoms. The van der Waals surface area contributed by atoms with Gasteiger partial charge in [-0.3, -0.25) is 9.78 Å². The van der Waals surface area contributed by atoms with Gasteiger partial charge in [-0.15, -0.1) is 0 Å². The maximum Gasteiger partial charge on any atom is 0.156 e. The number of carbonyl (C=O) groups is 1. The van der Waals surface area contributed by atoms with E-state index in [1.54, 1.807) is 0 Å². The lowest BCUT2D eigenvalue weighted by Crippen LogP contribution is -1.94. The molecule has 0 aliphatic heterocycles. The second-order valence-corrected chi connectivity index (χ2v) is 3.11. The van der Waals surface area contributed by atoms with Crippen molar-refractivity contribution in [3.63, 3.8) is 0 Å². The van der Waals surface area contributed by atoms with Gasteiger partial charge in [0.15, 0.2) is 17.4 Å². The van der Waals surface area contributed by atoms with Crippen LogP contribution >= 0.6 is 0 Å². The molecule has 0 amide bonds.